The van der Waals surface area contributed by atoms with Crippen LogP contribution in [0.1, 0.15) is 5.56 Å². The van der Waals surface area contributed by atoms with E-state index < -0.39 is 28.0 Å². The molecule has 0 saturated carbocycles. The Labute approximate surface area is 117 Å². The second kappa shape index (κ2) is 5.90. The van der Waals surface area contributed by atoms with Crippen molar-refractivity contribution in [3.05, 3.63) is 35.9 Å². The molecule has 0 spiro atoms. The average Bonchev–Trinajstić information content (AvgIpc) is 2.63. The summed E-state index contributed by atoms with van der Waals surface area (Å²) in [4.78, 5) is 12.5. The van der Waals surface area contributed by atoms with Crippen molar-refractivity contribution in [2.24, 2.45) is 0 Å². The summed E-state index contributed by atoms with van der Waals surface area (Å²) in [6.45, 7) is -0.00344. The van der Waals surface area contributed by atoms with Gasteiger partial charge in [0.25, 0.3) is 0 Å². The molecule has 1 aliphatic heterocycles. The molecule has 1 fully saturated rings. The third kappa shape index (κ3) is 3.78. The van der Waals surface area contributed by atoms with Crippen molar-refractivity contribution in [3.8, 4) is 0 Å². The smallest absolute Gasteiger partial charge is 0.317 e. The van der Waals surface area contributed by atoms with E-state index in [0.717, 1.165) is 5.56 Å². The Morgan fingerprint density at radius 2 is 1.90 bits per heavy atom. The molecule has 0 aliphatic carbocycles. The van der Waals surface area contributed by atoms with Crippen LogP contribution in [0.2, 0.25) is 0 Å². The van der Waals surface area contributed by atoms with Gasteiger partial charge in [0.15, 0.2) is 9.84 Å². The van der Waals surface area contributed by atoms with Crippen LogP contribution in [0.25, 0.3) is 0 Å². The molecule has 0 aromatic heterocycles. The van der Waals surface area contributed by atoms with E-state index in [4.69, 9.17) is 5.11 Å². The van der Waals surface area contributed by atoms with E-state index in [1.165, 1.54) is 4.90 Å². The summed E-state index contributed by atoms with van der Waals surface area (Å²) in [6.07, 6.45) is -1.04. The number of nitrogens with zero attached hydrogens (tertiary/aromatic N) is 1. The van der Waals surface area contributed by atoms with Gasteiger partial charge in [0.1, 0.15) is 0 Å². The lowest BCUT2D eigenvalue weighted by Gasteiger charge is -2.28. The van der Waals surface area contributed by atoms with Crippen LogP contribution in [-0.2, 0) is 21.2 Å². The molecule has 2 rings (SSSR count). The highest BCUT2D eigenvalue weighted by molar-refractivity contribution is 7.91. The lowest BCUT2D eigenvalue weighted by atomic mass is 10.1. The summed E-state index contributed by atoms with van der Waals surface area (Å²) in [6, 6.07) is 8.51. The lowest BCUT2D eigenvalue weighted by Crippen LogP contribution is -2.45. The monoisotopic (exact) mass is 299 g/mol. The Morgan fingerprint density at radius 1 is 1.25 bits per heavy atom. The Morgan fingerprint density at radius 3 is 2.40 bits per heavy atom. The van der Waals surface area contributed by atoms with Gasteiger partial charge in [0.2, 0.25) is 0 Å². The van der Waals surface area contributed by atoms with Crippen molar-refractivity contribution in [2.75, 3.05) is 18.1 Å². The molecule has 2 N–H and O–H groups in total. The van der Waals surface area contributed by atoms with E-state index in [-0.39, 0.29) is 18.1 Å². The van der Waals surface area contributed by atoms with Crippen LogP contribution in [-0.4, -0.2) is 59.7 Å². The van der Waals surface area contributed by atoms with Crippen LogP contribution in [0, 0.1) is 0 Å². The first-order chi connectivity index (χ1) is 9.37. The minimum absolute atomic E-state index is 0.200. The summed E-state index contributed by atoms with van der Waals surface area (Å²) >= 11 is 0. The lowest BCUT2D eigenvalue weighted by molar-refractivity contribution is -0.139. The summed E-state index contributed by atoms with van der Waals surface area (Å²) in [7, 11) is -3.30. The number of benzene rings is 1. The maximum absolute atomic E-state index is 11.6. The number of aliphatic hydroxyl groups excluding tert-OH is 1. The van der Waals surface area contributed by atoms with Gasteiger partial charge in [-0.1, -0.05) is 30.3 Å². The highest BCUT2D eigenvalue weighted by Gasteiger charge is 2.40. The highest BCUT2D eigenvalue weighted by Crippen LogP contribution is 2.20. The predicted molar refractivity (Wildman–Crippen MR) is 72.9 cm³/mol. The van der Waals surface area contributed by atoms with Crippen LogP contribution in [0.3, 0.4) is 0 Å². The zero-order chi connectivity index (χ0) is 14.8. The first-order valence-corrected chi connectivity index (χ1v) is 8.08. The van der Waals surface area contributed by atoms with E-state index in [2.05, 4.69) is 0 Å². The average molecular weight is 299 g/mol. The molecule has 20 heavy (non-hydrogen) atoms. The van der Waals surface area contributed by atoms with Gasteiger partial charge in [0.05, 0.1) is 30.2 Å². The molecule has 6 nitrogen and oxygen atoms in total. The summed E-state index contributed by atoms with van der Waals surface area (Å²) in [5, 5.41) is 18.8. The van der Waals surface area contributed by atoms with Crippen LogP contribution >= 0.6 is 0 Å². The van der Waals surface area contributed by atoms with Gasteiger partial charge in [0, 0.05) is 6.54 Å². The Bertz CT molecular complexity index is 572. The number of rotatable bonds is 5. The number of hydrogen-bond donors (Lipinski definition) is 2. The van der Waals surface area contributed by atoms with Crippen LogP contribution in [0.15, 0.2) is 30.3 Å². The first kappa shape index (κ1) is 15.0. The minimum atomic E-state index is -3.30. The molecule has 110 valence electrons. The molecule has 1 aromatic rings. The largest absolute Gasteiger partial charge is 0.480 e. The Hall–Kier alpha value is -1.44. The fourth-order valence-electron chi connectivity index (χ4n) is 2.44. The molecule has 0 bridgehead atoms. The Balaban J connectivity index is 2.18. The molecule has 0 amide bonds. The summed E-state index contributed by atoms with van der Waals surface area (Å²) < 4.78 is 23.1. The van der Waals surface area contributed by atoms with E-state index in [1.807, 2.05) is 30.3 Å². The Kier molecular flexibility index (Phi) is 4.42. The summed E-state index contributed by atoms with van der Waals surface area (Å²) in [5.41, 5.74) is 0.880. The number of carboxylic acid groups (broad SMARTS) is 1. The predicted octanol–water partition coefficient (Wildman–Crippen LogP) is -0.269. The molecule has 1 saturated heterocycles. The first-order valence-electron chi connectivity index (χ1n) is 6.25. The zero-order valence-corrected chi connectivity index (χ0v) is 11.7. The molecular formula is C13H17NO5S. The molecule has 1 aromatic carbocycles. The van der Waals surface area contributed by atoms with E-state index in [1.54, 1.807) is 0 Å². The second-order valence-electron chi connectivity index (χ2n) is 5.00. The summed E-state index contributed by atoms with van der Waals surface area (Å²) in [5.74, 6) is -1.55. The van der Waals surface area contributed by atoms with Gasteiger partial charge in [-0.25, -0.2) is 8.42 Å². The van der Waals surface area contributed by atoms with Crippen molar-refractivity contribution in [2.45, 2.75) is 18.7 Å². The van der Waals surface area contributed by atoms with Crippen molar-refractivity contribution >= 4 is 15.8 Å². The number of hydrogen-bond acceptors (Lipinski definition) is 5. The van der Waals surface area contributed by atoms with Crippen molar-refractivity contribution in [1.29, 1.82) is 0 Å². The highest BCUT2D eigenvalue weighted by atomic mass is 32.2. The minimum Gasteiger partial charge on any atom is -0.480 e. The van der Waals surface area contributed by atoms with E-state index in [9.17, 15) is 18.3 Å². The molecule has 0 unspecified atom stereocenters. The number of sulfone groups is 1. The standard InChI is InChI=1S/C13H17NO5S/c15-12-9-20(18,19)8-11(12)14(7-13(16)17)6-10-4-2-1-3-5-10/h1-5,11-12,15H,6-9H2,(H,16,17)/t11-,12+/m0/s1. The van der Waals surface area contributed by atoms with Gasteiger partial charge in [-0.15, -0.1) is 0 Å². The quantitative estimate of drug-likeness (QED) is 0.777. The van der Waals surface area contributed by atoms with Crippen molar-refractivity contribution in [3.63, 3.8) is 0 Å². The maximum Gasteiger partial charge on any atom is 0.317 e. The van der Waals surface area contributed by atoms with Gasteiger partial charge < -0.3 is 10.2 Å². The molecule has 1 aliphatic rings. The SMILES string of the molecule is O=C(O)CN(Cc1ccccc1)[C@H]1CS(=O)(=O)C[C@H]1O. The molecule has 2 atom stereocenters. The third-order valence-electron chi connectivity index (χ3n) is 3.33. The number of carboxylic acids is 1. The fourth-order valence-corrected chi connectivity index (χ4v) is 4.27. The molecule has 1 heterocycles. The van der Waals surface area contributed by atoms with Gasteiger partial charge in [-0.2, -0.15) is 0 Å². The molecular weight excluding hydrogens is 282 g/mol. The number of carbonyl (C=O) groups is 1. The van der Waals surface area contributed by atoms with Crippen molar-refractivity contribution in [1.82, 2.24) is 4.90 Å². The van der Waals surface area contributed by atoms with Crippen LogP contribution < -0.4 is 0 Å². The molecule has 7 heteroatoms. The van der Waals surface area contributed by atoms with E-state index in [0.29, 0.717) is 6.54 Å². The van der Waals surface area contributed by atoms with Gasteiger partial charge in [-0.3, -0.25) is 9.69 Å². The molecule has 0 radical (unpaired) electrons. The third-order valence-corrected chi connectivity index (χ3v) is 5.03. The zero-order valence-electron chi connectivity index (χ0n) is 10.8. The fraction of sp³-hybridized carbons (Fsp3) is 0.462. The normalized spacial score (nSPS) is 24.9. The van der Waals surface area contributed by atoms with Crippen molar-refractivity contribution < 1.29 is 23.4 Å². The van der Waals surface area contributed by atoms with Gasteiger partial charge >= 0.3 is 5.97 Å². The van der Waals surface area contributed by atoms with E-state index >= 15 is 0 Å². The topological polar surface area (TPSA) is 94.9 Å². The maximum atomic E-state index is 11.6. The van der Waals surface area contributed by atoms with Crippen LogP contribution in [0.4, 0.5) is 0 Å². The number of aliphatic carboxylic acids is 1. The van der Waals surface area contributed by atoms with Gasteiger partial charge in [-0.05, 0) is 5.56 Å². The number of aliphatic hydroxyl groups is 1. The van der Waals surface area contributed by atoms with Crippen LogP contribution in [0.5, 0.6) is 0 Å². The second-order valence-corrected chi connectivity index (χ2v) is 7.15.